The molecule has 3 aromatic heterocycles. The zero-order valence-corrected chi connectivity index (χ0v) is 22.5. The highest BCUT2D eigenvalue weighted by molar-refractivity contribution is 6.07. The number of carbonyl (C=O) groups excluding carboxylic acids is 2. The fraction of sp³-hybridized carbons (Fsp3) is 0.452. The first-order valence-corrected chi connectivity index (χ1v) is 14.2. The zero-order chi connectivity index (χ0) is 26.9. The molecule has 1 N–H and O–H groups in total. The lowest BCUT2D eigenvalue weighted by Crippen LogP contribution is -2.48. The van der Waals surface area contributed by atoms with Crippen LogP contribution in [0, 0.1) is 17.7 Å². The molecule has 1 aliphatic carbocycles. The summed E-state index contributed by atoms with van der Waals surface area (Å²) < 4.78 is 16.5. The van der Waals surface area contributed by atoms with E-state index in [0.29, 0.717) is 44.1 Å². The Balaban J connectivity index is 1.14. The van der Waals surface area contributed by atoms with Crippen molar-refractivity contribution in [1.82, 2.24) is 19.4 Å². The number of anilines is 1. The SMILES string of the molecule is CC1CCC(C(=O)N2CC3(CCN(C(=O)c4cc5cnc6[nH]ccc6c5n4C)CC3)c3cc(F)ccc32)CC1. The number of aromatic amines is 1. The summed E-state index contributed by atoms with van der Waals surface area (Å²) in [6.07, 6.45) is 9.10. The van der Waals surface area contributed by atoms with Crippen molar-refractivity contribution in [3.8, 4) is 0 Å². The lowest BCUT2D eigenvalue weighted by atomic mass is 9.74. The molecule has 1 saturated carbocycles. The van der Waals surface area contributed by atoms with Gasteiger partial charge in [-0.05, 0) is 80.3 Å². The first-order valence-electron chi connectivity index (χ1n) is 14.2. The Labute approximate surface area is 227 Å². The van der Waals surface area contributed by atoms with Gasteiger partial charge in [-0.1, -0.05) is 6.92 Å². The van der Waals surface area contributed by atoms with E-state index in [1.165, 1.54) is 6.07 Å². The van der Waals surface area contributed by atoms with Crippen LogP contribution >= 0.6 is 0 Å². The van der Waals surface area contributed by atoms with Gasteiger partial charge in [0, 0.05) is 66.9 Å². The summed E-state index contributed by atoms with van der Waals surface area (Å²) in [5.74, 6) is 0.629. The Morgan fingerprint density at radius 2 is 1.85 bits per heavy atom. The van der Waals surface area contributed by atoms with E-state index in [4.69, 9.17) is 0 Å². The Morgan fingerprint density at radius 1 is 1.08 bits per heavy atom. The second-order valence-corrected chi connectivity index (χ2v) is 12.0. The van der Waals surface area contributed by atoms with Gasteiger partial charge in [-0.25, -0.2) is 9.37 Å². The van der Waals surface area contributed by atoms with Gasteiger partial charge in [-0.3, -0.25) is 9.59 Å². The first kappa shape index (κ1) is 24.4. The van der Waals surface area contributed by atoms with E-state index in [-0.39, 0.29) is 29.0 Å². The number of carbonyl (C=O) groups is 2. The molecule has 5 heterocycles. The Hall–Kier alpha value is -3.68. The number of benzene rings is 1. The summed E-state index contributed by atoms with van der Waals surface area (Å²) in [6, 6.07) is 8.79. The van der Waals surface area contributed by atoms with Gasteiger partial charge < -0.3 is 19.4 Å². The highest BCUT2D eigenvalue weighted by atomic mass is 19.1. The number of piperidine rings is 1. The molecular weight excluding hydrogens is 493 g/mol. The monoisotopic (exact) mass is 527 g/mol. The van der Waals surface area contributed by atoms with Crippen LogP contribution < -0.4 is 4.90 Å². The fourth-order valence-electron chi connectivity index (χ4n) is 7.35. The molecule has 1 spiro atoms. The van der Waals surface area contributed by atoms with E-state index in [2.05, 4.69) is 16.9 Å². The van der Waals surface area contributed by atoms with Crippen molar-refractivity contribution in [3.63, 3.8) is 0 Å². The fourth-order valence-corrected chi connectivity index (χ4v) is 7.35. The minimum Gasteiger partial charge on any atom is -0.346 e. The summed E-state index contributed by atoms with van der Waals surface area (Å²) in [7, 11) is 1.93. The van der Waals surface area contributed by atoms with Crippen molar-refractivity contribution in [2.45, 2.75) is 50.9 Å². The number of nitrogens with zero attached hydrogens (tertiary/aromatic N) is 4. The van der Waals surface area contributed by atoms with Crippen LogP contribution in [-0.4, -0.2) is 50.9 Å². The molecule has 1 aromatic carbocycles. The molecule has 2 aliphatic heterocycles. The molecule has 7 rings (SSSR count). The van der Waals surface area contributed by atoms with Gasteiger partial charge in [0.2, 0.25) is 5.91 Å². The van der Waals surface area contributed by atoms with Gasteiger partial charge in [0.15, 0.2) is 0 Å². The predicted molar refractivity (Wildman–Crippen MR) is 149 cm³/mol. The van der Waals surface area contributed by atoms with E-state index in [0.717, 1.165) is 58.9 Å². The minimum absolute atomic E-state index is 0.00560. The summed E-state index contributed by atoms with van der Waals surface area (Å²) in [6.45, 7) is 3.96. The topological polar surface area (TPSA) is 74.2 Å². The molecule has 0 atom stereocenters. The Bertz CT molecular complexity index is 1600. The van der Waals surface area contributed by atoms with Gasteiger partial charge in [-0.2, -0.15) is 0 Å². The number of hydrogen-bond donors (Lipinski definition) is 1. The molecule has 2 amide bonds. The molecule has 1 saturated heterocycles. The average molecular weight is 528 g/mol. The number of rotatable bonds is 2. The summed E-state index contributed by atoms with van der Waals surface area (Å²) in [5.41, 5.74) is 3.89. The highest BCUT2D eigenvalue weighted by Crippen LogP contribution is 2.48. The predicted octanol–water partition coefficient (Wildman–Crippen LogP) is 5.54. The number of hydrogen-bond acceptors (Lipinski definition) is 3. The van der Waals surface area contributed by atoms with E-state index in [9.17, 15) is 14.0 Å². The van der Waals surface area contributed by atoms with E-state index < -0.39 is 0 Å². The zero-order valence-electron chi connectivity index (χ0n) is 22.5. The van der Waals surface area contributed by atoms with E-state index >= 15 is 0 Å². The van der Waals surface area contributed by atoms with E-state index in [1.54, 1.807) is 18.3 Å². The van der Waals surface area contributed by atoms with Crippen LogP contribution in [0.4, 0.5) is 10.1 Å². The second kappa shape index (κ2) is 8.93. The molecule has 202 valence electrons. The van der Waals surface area contributed by atoms with Gasteiger partial charge >= 0.3 is 0 Å². The normalized spacial score (nSPS) is 22.6. The molecule has 39 heavy (non-hydrogen) atoms. The molecule has 4 aromatic rings. The smallest absolute Gasteiger partial charge is 0.270 e. The van der Waals surface area contributed by atoms with Crippen LogP contribution in [0.2, 0.25) is 0 Å². The number of halogens is 1. The molecule has 3 aliphatic rings. The average Bonchev–Trinajstić information content (AvgIpc) is 3.63. The Morgan fingerprint density at radius 3 is 2.62 bits per heavy atom. The van der Waals surface area contributed by atoms with Gasteiger partial charge in [-0.15, -0.1) is 0 Å². The number of pyridine rings is 1. The third-order valence-electron chi connectivity index (χ3n) is 9.71. The number of H-pyrrole nitrogens is 1. The van der Waals surface area contributed by atoms with Crippen molar-refractivity contribution in [2.75, 3.05) is 24.5 Å². The lowest BCUT2D eigenvalue weighted by Gasteiger charge is -2.40. The number of fused-ring (bicyclic) bond motifs is 5. The molecule has 7 nitrogen and oxygen atoms in total. The summed E-state index contributed by atoms with van der Waals surface area (Å²) >= 11 is 0. The van der Waals surface area contributed by atoms with Crippen molar-refractivity contribution in [2.24, 2.45) is 18.9 Å². The summed E-state index contributed by atoms with van der Waals surface area (Å²) in [4.78, 5) is 38.9. The third-order valence-corrected chi connectivity index (χ3v) is 9.71. The van der Waals surface area contributed by atoms with Crippen LogP contribution in [-0.2, 0) is 17.3 Å². The second-order valence-electron chi connectivity index (χ2n) is 12.0. The molecular formula is C31H34FN5O2. The maximum Gasteiger partial charge on any atom is 0.270 e. The highest BCUT2D eigenvalue weighted by Gasteiger charge is 2.48. The third kappa shape index (κ3) is 3.79. The van der Waals surface area contributed by atoms with E-state index in [1.807, 2.05) is 39.7 Å². The first-order chi connectivity index (χ1) is 18.8. The van der Waals surface area contributed by atoms with Crippen LogP contribution in [0.15, 0.2) is 42.7 Å². The van der Waals surface area contributed by atoms with Gasteiger partial charge in [0.05, 0.1) is 5.52 Å². The quantitative estimate of drug-likeness (QED) is 0.372. The largest absolute Gasteiger partial charge is 0.346 e. The summed E-state index contributed by atoms with van der Waals surface area (Å²) in [5, 5.41) is 1.93. The number of nitrogens with one attached hydrogen (secondary N) is 1. The van der Waals surface area contributed by atoms with Crippen molar-refractivity contribution in [3.05, 3.63) is 59.8 Å². The van der Waals surface area contributed by atoms with Crippen molar-refractivity contribution in [1.29, 1.82) is 0 Å². The van der Waals surface area contributed by atoms with Crippen molar-refractivity contribution < 1.29 is 14.0 Å². The van der Waals surface area contributed by atoms with Gasteiger partial charge in [0.1, 0.15) is 17.2 Å². The minimum atomic E-state index is -0.327. The molecule has 0 bridgehead atoms. The molecule has 8 heteroatoms. The van der Waals surface area contributed by atoms with Crippen LogP contribution in [0.3, 0.4) is 0 Å². The van der Waals surface area contributed by atoms with Crippen molar-refractivity contribution >= 4 is 39.4 Å². The number of aromatic nitrogens is 3. The van der Waals surface area contributed by atoms with Crippen LogP contribution in [0.1, 0.15) is 61.5 Å². The number of amides is 2. The maximum absolute atomic E-state index is 14.5. The Kier molecular flexibility index (Phi) is 5.58. The van der Waals surface area contributed by atoms with Crippen LogP contribution in [0.5, 0.6) is 0 Å². The van der Waals surface area contributed by atoms with Gasteiger partial charge in [0.25, 0.3) is 5.91 Å². The molecule has 2 fully saturated rings. The molecule has 0 radical (unpaired) electrons. The lowest BCUT2D eigenvalue weighted by molar-refractivity contribution is -0.123. The van der Waals surface area contributed by atoms with Crippen LogP contribution in [0.25, 0.3) is 21.9 Å². The number of likely N-dealkylation sites (tertiary alicyclic amines) is 1. The maximum atomic E-state index is 14.5. The molecule has 0 unspecified atom stereocenters. The number of aryl methyl sites for hydroxylation is 1. The standard InChI is InChI=1S/C31H34FN5O2/c1-19-3-5-20(6-4-19)29(38)37-18-31(24-16-22(32)7-8-25(24)37)10-13-36(14-11-31)30(39)26-15-21-17-34-28-23(9-12-33-28)27(21)35(26)2/h7-9,12,15-17,19-20H,3-6,10-11,13-14,18H2,1-2H3,(H,33,34).